The largest absolute Gasteiger partial charge is 0.457 e. The fraction of sp³-hybridized carbons (Fsp3) is 0.111. The van der Waals surface area contributed by atoms with Gasteiger partial charge in [0.2, 0.25) is 0 Å². The third-order valence-electron chi connectivity index (χ3n) is 7.61. The highest BCUT2D eigenvalue weighted by atomic mass is 16.5. The molecule has 206 valence electrons. The van der Waals surface area contributed by atoms with Gasteiger partial charge < -0.3 is 19.4 Å². The number of H-pyrrole nitrogens is 2. The van der Waals surface area contributed by atoms with Gasteiger partial charge >= 0.3 is 0 Å². The number of aryl methyl sites for hydroxylation is 1. The van der Waals surface area contributed by atoms with E-state index in [1.165, 1.54) is 0 Å². The van der Waals surface area contributed by atoms with Crippen LogP contribution in [-0.4, -0.2) is 9.97 Å². The normalized spacial score (nSPS) is 11.5. The molecule has 0 saturated heterocycles. The molecule has 0 atom stereocenters. The van der Waals surface area contributed by atoms with Crippen LogP contribution in [0.2, 0.25) is 0 Å². The second kappa shape index (κ2) is 10.6. The molecule has 0 amide bonds. The van der Waals surface area contributed by atoms with Gasteiger partial charge in [-0.3, -0.25) is 9.59 Å². The minimum absolute atomic E-state index is 0.107. The summed E-state index contributed by atoms with van der Waals surface area (Å²) in [5.41, 5.74) is 3.44. The van der Waals surface area contributed by atoms with E-state index in [4.69, 9.17) is 9.47 Å². The van der Waals surface area contributed by atoms with Crippen molar-refractivity contribution in [1.29, 1.82) is 0 Å². The SMILES string of the molecule is CCCCc1cc(Oc2ccccc2)cc2c(=O)c3cc4[nH]c5ccc(Oc6ccccc6)cc5c(=O)c4cc3[nH]c12. The lowest BCUT2D eigenvalue weighted by Crippen LogP contribution is -2.09. The van der Waals surface area contributed by atoms with Crippen molar-refractivity contribution in [3.63, 3.8) is 0 Å². The molecular weight excluding hydrogens is 524 g/mol. The molecule has 42 heavy (non-hydrogen) atoms. The highest BCUT2D eigenvalue weighted by molar-refractivity contribution is 6.03. The van der Waals surface area contributed by atoms with Crippen molar-refractivity contribution in [1.82, 2.24) is 9.97 Å². The number of pyridine rings is 2. The fourth-order valence-corrected chi connectivity index (χ4v) is 5.51. The number of hydrogen-bond acceptors (Lipinski definition) is 4. The Balaban J connectivity index is 1.40. The van der Waals surface area contributed by atoms with Gasteiger partial charge in [0.25, 0.3) is 0 Å². The van der Waals surface area contributed by atoms with Crippen LogP contribution in [0, 0.1) is 0 Å². The van der Waals surface area contributed by atoms with Crippen LogP contribution in [0.25, 0.3) is 43.6 Å². The summed E-state index contributed by atoms with van der Waals surface area (Å²) >= 11 is 0. The minimum atomic E-state index is -0.127. The molecule has 0 fully saturated rings. The zero-order valence-electron chi connectivity index (χ0n) is 23.1. The van der Waals surface area contributed by atoms with E-state index in [9.17, 15) is 9.59 Å². The summed E-state index contributed by atoms with van der Waals surface area (Å²) in [6, 6.07) is 31.8. The van der Waals surface area contributed by atoms with Gasteiger partial charge in [0.05, 0.1) is 27.5 Å². The Kier molecular flexibility index (Phi) is 6.44. The van der Waals surface area contributed by atoms with E-state index in [0.717, 1.165) is 30.3 Å². The van der Waals surface area contributed by atoms with Crippen molar-refractivity contribution >= 4 is 43.6 Å². The first kappa shape index (κ1) is 25.6. The van der Waals surface area contributed by atoms with Crippen molar-refractivity contribution in [2.24, 2.45) is 0 Å². The molecule has 2 aromatic heterocycles. The first-order valence-electron chi connectivity index (χ1n) is 14.2. The summed E-state index contributed by atoms with van der Waals surface area (Å²) in [5, 5.41) is 2.09. The van der Waals surface area contributed by atoms with Crippen LogP contribution in [-0.2, 0) is 6.42 Å². The Morgan fingerprint density at radius 1 is 0.548 bits per heavy atom. The number of hydrogen-bond donors (Lipinski definition) is 2. The van der Waals surface area contributed by atoms with E-state index in [2.05, 4.69) is 16.9 Å². The van der Waals surface area contributed by atoms with Crippen LogP contribution >= 0.6 is 0 Å². The van der Waals surface area contributed by atoms with E-state index < -0.39 is 0 Å². The van der Waals surface area contributed by atoms with Crippen LogP contribution in [0.4, 0.5) is 0 Å². The Morgan fingerprint density at radius 3 is 1.79 bits per heavy atom. The minimum Gasteiger partial charge on any atom is -0.457 e. The number of aromatic nitrogens is 2. The molecule has 2 N–H and O–H groups in total. The highest BCUT2D eigenvalue weighted by Gasteiger charge is 2.15. The van der Waals surface area contributed by atoms with Crippen LogP contribution in [0.5, 0.6) is 23.0 Å². The monoisotopic (exact) mass is 552 g/mol. The Labute approximate surface area is 241 Å². The van der Waals surface area contributed by atoms with E-state index in [1.54, 1.807) is 24.3 Å². The number of fused-ring (bicyclic) bond motifs is 4. The molecule has 0 spiro atoms. The molecule has 0 unspecified atom stereocenters. The zero-order chi connectivity index (χ0) is 28.6. The Bertz CT molecular complexity index is 2220. The summed E-state index contributed by atoms with van der Waals surface area (Å²) in [7, 11) is 0. The molecule has 5 aromatic carbocycles. The van der Waals surface area contributed by atoms with Gasteiger partial charge in [0, 0.05) is 16.2 Å². The molecule has 0 saturated carbocycles. The number of nitrogens with one attached hydrogen (secondary N) is 2. The third kappa shape index (κ3) is 4.67. The Morgan fingerprint density at radius 2 is 1.12 bits per heavy atom. The molecule has 2 heterocycles. The number of ether oxygens (including phenoxy) is 2. The maximum Gasteiger partial charge on any atom is 0.197 e. The smallest absolute Gasteiger partial charge is 0.197 e. The van der Waals surface area contributed by atoms with Gasteiger partial charge in [-0.2, -0.15) is 0 Å². The molecule has 0 bridgehead atoms. The highest BCUT2D eigenvalue weighted by Crippen LogP contribution is 2.30. The second-order valence-corrected chi connectivity index (χ2v) is 10.5. The number of para-hydroxylation sites is 2. The standard InChI is InChI=1S/C36H28N2O4/c1-2-3-10-22-17-26(42-24-13-8-5-9-14-24)19-30-34(22)38-33-21-28-32(20-29(33)36(30)40)37-31-16-15-25(18-27(31)35(28)39)41-23-11-6-4-7-12-23/h4-9,11-21H,2-3,10H2,1H3,(H,37,39)(H,38,40). The van der Waals surface area contributed by atoms with Gasteiger partial charge in [-0.15, -0.1) is 0 Å². The van der Waals surface area contributed by atoms with Gasteiger partial charge in [-0.25, -0.2) is 0 Å². The molecule has 0 aliphatic heterocycles. The number of unbranched alkanes of at least 4 members (excludes halogenated alkanes) is 1. The average molecular weight is 553 g/mol. The van der Waals surface area contributed by atoms with Gasteiger partial charge in [0.1, 0.15) is 23.0 Å². The van der Waals surface area contributed by atoms with E-state index in [0.29, 0.717) is 61.1 Å². The van der Waals surface area contributed by atoms with E-state index in [1.807, 2.05) is 78.9 Å². The molecule has 7 rings (SSSR count). The zero-order valence-corrected chi connectivity index (χ0v) is 23.1. The van der Waals surface area contributed by atoms with Crippen LogP contribution in [0.1, 0.15) is 25.3 Å². The molecule has 7 aromatic rings. The number of rotatable bonds is 7. The topological polar surface area (TPSA) is 84.2 Å². The molecule has 0 aliphatic rings. The van der Waals surface area contributed by atoms with Gasteiger partial charge in [-0.05, 0) is 85.1 Å². The lowest BCUT2D eigenvalue weighted by atomic mass is 10.0. The van der Waals surface area contributed by atoms with Crippen molar-refractivity contribution in [3.05, 3.63) is 129 Å². The van der Waals surface area contributed by atoms with Crippen molar-refractivity contribution < 1.29 is 9.47 Å². The average Bonchev–Trinajstić information content (AvgIpc) is 3.01. The van der Waals surface area contributed by atoms with Crippen molar-refractivity contribution in [2.75, 3.05) is 0 Å². The van der Waals surface area contributed by atoms with Crippen LogP contribution in [0.3, 0.4) is 0 Å². The lowest BCUT2D eigenvalue weighted by molar-refractivity contribution is 0.482. The summed E-state index contributed by atoms with van der Waals surface area (Å²) in [4.78, 5) is 34.5. The molecule has 6 nitrogen and oxygen atoms in total. The maximum absolute atomic E-state index is 13.9. The second-order valence-electron chi connectivity index (χ2n) is 10.5. The lowest BCUT2D eigenvalue weighted by Gasteiger charge is -2.13. The first-order chi connectivity index (χ1) is 20.6. The Hall–Kier alpha value is -5.36. The number of benzene rings is 5. The van der Waals surface area contributed by atoms with E-state index in [-0.39, 0.29) is 10.9 Å². The first-order valence-corrected chi connectivity index (χ1v) is 14.2. The van der Waals surface area contributed by atoms with Crippen molar-refractivity contribution in [2.45, 2.75) is 26.2 Å². The van der Waals surface area contributed by atoms with Gasteiger partial charge in [-0.1, -0.05) is 49.7 Å². The van der Waals surface area contributed by atoms with E-state index >= 15 is 0 Å². The fourth-order valence-electron chi connectivity index (χ4n) is 5.51. The molecular formula is C36H28N2O4. The summed E-state index contributed by atoms with van der Waals surface area (Å²) in [6.45, 7) is 2.14. The number of aromatic amines is 2. The van der Waals surface area contributed by atoms with Crippen LogP contribution < -0.4 is 20.3 Å². The quantitative estimate of drug-likeness (QED) is 0.194. The maximum atomic E-state index is 13.9. The molecule has 6 heteroatoms. The summed E-state index contributed by atoms with van der Waals surface area (Å²) in [6.07, 6.45) is 2.79. The van der Waals surface area contributed by atoms with Gasteiger partial charge in [0.15, 0.2) is 10.9 Å². The predicted octanol–water partition coefficient (Wildman–Crippen LogP) is 8.60. The molecule has 0 radical (unpaired) electrons. The third-order valence-corrected chi connectivity index (χ3v) is 7.61. The van der Waals surface area contributed by atoms with Crippen molar-refractivity contribution in [3.8, 4) is 23.0 Å². The summed E-state index contributed by atoms with van der Waals surface area (Å²) < 4.78 is 12.1. The predicted molar refractivity (Wildman–Crippen MR) is 169 cm³/mol. The summed E-state index contributed by atoms with van der Waals surface area (Å²) in [5.74, 6) is 2.61. The van der Waals surface area contributed by atoms with Crippen LogP contribution in [0.15, 0.2) is 113 Å². The molecule has 0 aliphatic carbocycles.